The summed E-state index contributed by atoms with van der Waals surface area (Å²) in [5, 5.41) is 3.71. The standard InChI is InChI=1S/C18H30N2/c1-4-8-16-9-6-7-10-18(16)20-13-11-17(15(3)14-20)19-12-5-2/h6-7,9-10,15,17,19H,4-5,8,11-14H2,1-3H3. The average Bonchev–Trinajstić information content (AvgIpc) is 2.47. The van der Waals surface area contributed by atoms with E-state index in [2.05, 4.69) is 55.3 Å². The number of nitrogens with zero attached hydrogens (tertiary/aromatic N) is 1. The maximum atomic E-state index is 3.71. The van der Waals surface area contributed by atoms with Gasteiger partial charge in [-0.2, -0.15) is 0 Å². The molecule has 2 rings (SSSR count). The summed E-state index contributed by atoms with van der Waals surface area (Å²) < 4.78 is 0. The first-order chi connectivity index (χ1) is 9.76. The Bertz CT molecular complexity index is 402. The highest BCUT2D eigenvalue weighted by atomic mass is 15.2. The van der Waals surface area contributed by atoms with Crippen LogP contribution in [0.5, 0.6) is 0 Å². The summed E-state index contributed by atoms with van der Waals surface area (Å²) in [6, 6.07) is 9.65. The number of hydrogen-bond acceptors (Lipinski definition) is 2. The van der Waals surface area contributed by atoms with Crippen molar-refractivity contribution in [3.8, 4) is 0 Å². The second-order valence-electron chi connectivity index (χ2n) is 6.15. The Morgan fingerprint density at radius 3 is 2.70 bits per heavy atom. The molecule has 112 valence electrons. The molecule has 20 heavy (non-hydrogen) atoms. The predicted molar refractivity (Wildman–Crippen MR) is 88.5 cm³/mol. The van der Waals surface area contributed by atoms with E-state index in [-0.39, 0.29) is 0 Å². The molecule has 0 radical (unpaired) electrons. The van der Waals surface area contributed by atoms with Crippen LogP contribution in [0.2, 0.25) is 0 Å². The third-order valence-corrected chi connectivity index (χ3v) is 4.41. The molecule has 1 aromatic carbocycles. The van der Waals surface area contributed by atoms with Crippen molar-refractivity contribution in [2.75, 3.05) is 24.5 Å². The number of para-hydroxylation sites is 1. The van der Waals surface area contributed by atoms with Crippen molar-refractivity contribution >= 4 is 5.69 Å². The third-order valence-electron chi connectivity index (χ3n) is 4.41. The molecular formula is C18H30N2. The molecule has 0 bridgehead atoms. The molecule has 2 nitrogen and oxygen atoms in total. The van der Waals surface area contributed by atoms with Crippen LogP contribution in [0.25, 0.3) is 0 Å². The lowest BCUT2D eigenvalue weighted by Gasteiger charge is -2.39. The molecule has 1 heterocycles. The first-order valence-corrected chi connectivity index (χ1v) is 8.32. The van der Waals surface area contributed by atoms with Gasteiger partial charge in [-0.15, -0.1) is 0 Å². The molecule has 1 fully saturated rings. The molecule has 1 aromatic rings. The smallest absolute Gasteiger partial charge is 0.0398 e. The molecule has 0 spiro atoms. The van der Waals surface area contributed by atoms with Crippen LogP contribution in [-0.2, 0) is 6.42 Å². The van der Waals surface area contributed by atoms with Crippen molar-refractivity contribution < 1.29 is 0 Å². The van der Waals surface area contributed by atoms with Crippen molar-refractivity contribution in [2.45, 2.75) is 52.5 Å². The number of aryl methyl sites for hydroxylation is 1. The normalized spacial score (nSPS) is 23.1. The van der Waals surface area contributed by atoms with E-state index in [4.69, 9.17) is 0 Å². The minimum Gasteiger partial charge on any atom is -0.371 e. The maximum Gasteiger partial charge on any atom is 0.0398 e. The Hall–Kier alpha value is -1.02. The van der Waals surface area contributed by atoms with Gasteiger partial charge in [-0.05, 0) is 43.4 Å². The summed E-state index contributed by atoms with van der Waals surface area (Å²) in [6.07, 6.45) is 4.91. The molecule has 2 unspecified atom stereocenters. The fraction of sp³-hybridized carbons (Fsp3) is 0.667. The van der Waals surface area contributed by atoms with Crippen LogP contribution >= 0.6 is 0 Å². The number of nitrogens with one attached hydrogen (secondary N) is 1. The van der Waals surface area contributed by atoms with E-state index in [0.29, 0.717) is 6.04 Å². The SMILES string of the molecule is CCCNC1CCN(c2ccccc2CCC)CC1C. The molecule has 0 aliphatic carbocycles. The monoisotopic (exact) mass is 274 g/mol. The second-order valence-corrected chi connectivity index (χ2v) is 6.15. The molecule has 1 N–H and O–H groups in total. The van der Waals surface area contributed by atoms with Gasteiger partial charge in [-0.1, -0.05) is 45.4 Å². The molecule has 1 aliphatic rings. The molecule has 1 saturated heterocycles. The van der Waals surface area contributed by atoms with Gasteiger partial charge in [0.15, 0.2) is 0 Å². The molecule has 1 aliphatic heterocycles. The number of hydrogen-bond donors (Lipinski definition) is 1. The van der Waals surface area contributed by atoms with E-state index in [9.17, 15) is 0 Å². The summed E-state index contributed by atoms with van der Waals surface area (Å²) in [7, 11) is 0. The topological polar surface area (TPSA) is 15.3 Å². The van der Waals surface area contributed by atoms with E-state index in [1.165, 1.54) is 50.0 Å². The van der Waals surface area contributed by atoms with E-state index in [1.807, 2.05) is 0 Å². The van der Waals surface area contributed by atoms with Crippen LogP contribution in [0.3, 0.4) is 0 Å². The zero-order chi connectivity index (χ0) is 14.4. The van der Waals surface area contributed by atoms with Gasteiger partial charge in [0.25, 0.3) is 0 Å². The Labute approximate surface area is 124 Å². The van der Waals surface area contributed by atoms with Gasteiger partial charge in [-0.25, -0.2) is 0 Å². The maximum absolute atomic E-state index is 3.71. The highest BCUT2D eigenvalue weighted by molar-refractivity contribution is 5.54. The van der Waals surface area contributed by atoms with Crippen LogP contribution in [0, 0.1) is 5.92 Å². The fourth-order valence-electron chi connectivity index (χ4n) is 3.30. The number of piperidine rings is 1. The average molecular weight is 274 g/mol. The Kier molecular flexibility index (Phi) is 5.90. The largest absolute Gasteiger partial charge is 0.371 e. The minimum atomic E-state index is 0.699. The molecular weight excluding hydrogens is 244 g/mol. The zero-order valence-corrected chi connectivity index (χ0v) is 13.4. The van der Waals surface area contributed by atoms with Crippen molar-refractivity contribution in [1.29, 1.82) is 0 Å². The molecule has 2 atom stereocenters. The number of benzene rings is 1. The van der Waals surface area contributed by atoms with Crippen LogP contribution in [0.1, 0.15) is 45.6 Å². The number of anilines is 1. The lowest BCUT2D eigenvalue weighted by Crippen LogP contribution is -2.48. The van der Waals surface area contributed by atoms with Crippen molar-refractivity contribution in [1.82, 2.24) is 5.32 Å². The predicted octanol–water partition coefficient (Wildman–Crippen LogP) is 3.85. The van der Waals surface area contributed by atoms with E-state index in [1.54, 1.807) is 0 Å². The van der Waals surface area contributed by atoms with Gasteiger partial charge in [-0.3, -0.25) is 0 Å². The summed E-state index contributed by atoms with van der Waals surface area (Å²) in [5.41, 5.74) is 2.98. The third kappa shape index (κ3) is 3.76. The van der Waals surface area contributed by atoms with E-state index in [0.717, 1.165) is 12.5 Å². The molecule has 0 amide bonds. The summed E-state index contributed by atoms with van der Waals surface area (Å²) >= 11 is 0. The number of rotatable bonds is 6. The molecule has 2 heteroatoms. The lowest BCUT2D eigenvalue weighted by atomic mass is 9.92. The summed E-state index contributed by atoms with van der Waals surface area (Å²) in [4.78, 5) is 2.60. The zero-order valence-electron chi connectivity index (χ0n) is 13.4. The van der Waals surface area contributed by atoms with Gasteiger partial charge < -0.3 is 10.2 Å². The van der Waals surface area contributed by atoms with Gasteiger partial charge in [0.05, 0.1) is 0 Å². The van der Waals surface area contributed by atoms with Crippen LogP contribution in [0.15, 0.2) is 24.3 Å². The Morgan fingerprint density at radius 2 is 2.00 bits per heavy atom. The van der Waals surface area contributed by atoms with Gasteiger partial charge in [0.1, 0.15) is 0 Å². The van der Waals surface area contributed by atoms with E-state index < -0.39 is 0 Å². The van der Waals surface area contributed by atoms with E-state index >= 15 is 0 Å². The van der Waals surface area contributed by atoms with Crippen molar-refractivity contribution in [2.24, 2.45) is 5.92 Å². The highest BCUT2D eigenvalue weighted by Crippen LogP contribution is 2.27. The minimum absolute atomic E-state index is 0.699. The fourth-order valence-corrected chi connectivity index (χ4v) is 3.30. The summed E-state index contributed by atoms with van der Waals surface area (Å²) in [6.45, 7) is 10.4. The van der Waals surface area contributed by atoms with Crippen LogP contribution in [0.4, 0.5) is 5.69 Å². The van der Waals surface area contributed by atoms with Crippen molar-refractivity contribution in [3.05, 3.63) is 29.8 Å². The lowest BCUT2D eigenvalue weighted by molar-refractivity contribution is 0.322. The second kappa shape index (κ2) is 7.68. The van der Waals surface area contributed by atoms with Gasteiger partial charge in [0.2, 0.25) is 0 Å². The van der Waals surface area contributed by atoms with Crippen molar-refractivity contribution in [3.63, 3.8) is 0 Å². The summed E-state index contributed by atoms with van der Waals surface area (Å²) in [5.74, 6) is 0.727. The molecule has 0 aromatic heterocycles. The Morgan fingerprint density at radius 1 is 1.20 bits per heavy atom. The first-order valence-electron chi connectivity index (χ1n) is 8.32. The molecule has 0 saturated carbocycles. The first kappa shape index (κ1) is 15.4. The van der Waals surface area contributed by atoms with Crippen LogP contribution < -0.4 is 10.2 Å². The van der Waals surface area contributed by atoms with Crippen LogP contribution in [-0.4, -0.2) is 25.7 Å². The van der Waals surface area contributed by atoms with Gasteiger partial charge in [0, 0.05) is 24.8 Å². The quantitative estimate of drug-likeness (QED) is 0.847. The van der Waals surface area contributed by atoms with Gasteiger partial charge >= 0.3 is 0 Å². The highest BCUT2D eigenvalue weighted by Gasteiger charge is 2.26. The Balaban J connectivity index is 2.01.